The number of thioether (sulfide) groups is 1. The Bertz CT molecular complexity index is 1270. The monoisotopic (exact) mass is 565 g/mol. The van der Waals surface area contributed by atoms with Crippen LogP contribution in [0.25, 0.3) is 6.08 Å². The molecule has 1 amide bonds. The second-order valence-electron chi connectivity index (χ2n) is 7.70. The Hall–Kier alpha value is -2.87. The van der Waals surface area contributed by atoms with Crippen LogP contribution >= 0.6 is 39.9 Å². The van der Waals surface area contributed by atoms with Crippen LogP contribution in [0.4, 0.5) is 5.69 Å². The first-order valence-electron chi connectivity index (χ1n) is 11.1. The highest BCUT2D eigenvalue weighted by Gasteiger charge is 2.33. The maximum atomic E-state index is 13.2. The van der Waals surface area contributed by atoms with Crippen LogP contribution in [-0.2, 0) is 17.8 Å². The number of thiocarbonyl (C=S) groups is 1. The first kappa shape index (κ1) is 25.2. The lowest BCUT2D eigenvalue weighted by atomic mass is 10.0. The van der Waals surface area contributed by atoms with Crippen molar-refractivity contribution in [1.82, 2.24) is 0 Å². The van der Waals surface area contributed by atoms with Crippen molar-refractivity contribution in [2.24, 2.45) is 0 Å². The number of para-hydroxylation sites is 1. The summed E-state index contributed by atoms with van der Waals surface area (Å²) >= 11 is 10.3. The molecule has 7 heteroatoms. The molecule has 0 saturated carbocycles. The minimum Gasteiger partial charge on any atom is -0.490 e. The Morgan fingerprint density at radius 1 is 1.09 bits per heavy atom. The number of hydrogen-bond acceptors (Lipinski definition) is 5. The van der Waals surface area contributed by atoms with Crippen LogP contribution in [0.15, 0.2) is 88.8 Å². The zero-order chi connectivity index (χ0) is 24.8. The van der Waals surface area contributed by atoms with E-state index in [9.17, 15) is 4.79 Å². The molecule has 0 atom stereocenters. The SMILES string of the molecule is C=CCc1cc(/C=C2/SC(=S)N(c3ccccc3)C2=O)cc(OCC)c1OCc1ccc(Br)cc1. The molecule has 1 aliphatic heterocycles. The molecule has 4 nitrogen and oxygen atoms in total. The largest absolute Gasteiger partial charge is 0.490 e. The molecule has 0 bridgehead atoms. The first-order chi connectivity index (χ1) is 17.0. The summed E-state index contributed by atoms with van der Waals surface area (Å²) in [6, 6.07) is 21.4. The van der Waals surface area contributed by atoms with Crippen LogP contribution in [0, 0.1) is 0 Å². The highest BCUT2D eigenvalue weighted by atomic mass is 79.9. The van der Waals surface area contributed by atoms with E-state index >= 15 is 0 Å². The second kappa shape index (κ2) is 11.7. The average molecular weight is 567 g/mol. The van der Waals surface area contributed by atoms with E-state index in [4.69, 9.17) is 21.7 Å². The molecular weight excluding hydrogens is 542 g/mol. The van der Waals surface area contributed by atoms with Gasteiger partial charge in [0, 0.05) is 10.0 Å². The number of hydrogen-bond donors (Lipinski definition) is 0. The van der Waals surface area contributed by atoms with E-state index in [1.54, 1.807) is 4.90 Å². The van der Waals surface area contributed by atoms with Crippen LogP contribution in [0.5, 0.6) is 11.5 Å². The third kappa shape index (κ3) is 6.04. The summed E-state index contributed by atoms with van der Waals surface area (Å²) in [5.74, 6) is 1.18. The van der Waals surface area contributed by atoms with E-state index in [-0.39, 0.29) is 5.91 Å². The maximum absolute atomic E-state index is 13.2. The molecule has 0 radical (unpaired) electrons. The highest BCUT2D eigenvalue weighted by molar-refractivity contribution is 9.10. The summed E-state index contributed by atoms with van der Waals surface area (Å²) in [5.41, 5.74) is 3.59. The quantitative estimate of drug-likeness (QED) is 0.152. The predicted molar refractivity (Wildman–Crippen MR) is 152 cm³/mol. The number of anilines is 1. The summed E-state index contributed by atoms with van der Waals surface area (Å²) in [6.07, 6.45) is 4.29. The Morgan fingerprint density at radius 2 is 1.83 bits per heavy atom. The summed E-state index contributed by atoms with van der Waals surface area (Å²) < 4.78 is 13.7. The standard InChI is InChI=1S/C28H24BrNO3S2/c1-3-8-21-15-20(17-25-27(31)30(28(34)35-25)23-9-6-5-7-10-23)16-24(32-4-2)26(21)33-18-19-11-13-22(29)14-12-19/h3,5-7,9-17H,1,4,8,18H2,2H3/b25-17+. The Labute approximate surface area is 223 Å². The molecule has 0 unspecified atom stereocenters. The predicted octanol–water partition coefficient (Wildman–Crippen LogP) is 7.56. The van der Waals surface area contributed by atoms with Gasteiger partial charge in [0.25, 0.3) is 5.91 Å². The summed E-state index contributed by atoms with van der Waals surface area (Å²) in [5, 5.41) is 0. The molecule has 3 aromatic carbocycles. The molecule has 4 rings (SSSR count). The van der Waals surface area contributed by atoms with Crippen LogP contribution in [0.2, 0.25) is 0 Å². The molecule has 0 aromatic heterocycles. The van der Waals surface area contributed by atoms with Crippen molar-refractivity contribution in [1.29, 1.82) is 0 Å². The lowest BCUT2D eigenvalue weighted by Gasteiger charge is -2.17. The molecule has 3 aromatic rings. The van der Waals surface area contributed by atoms with E-state index in [2.05, 4.69) is 22.5 Å². The van der Waals surface area contributed by atoms with E-state index in [1.807, 2.05) is 85.8 Å². The lowest BCUT2D eigenvalue weighted by molar-refractivity contribution is -0.113. The molecule has 178 valence electrons. The third-order valence-electron chi connectivity index (χ3n) is 5.22. The van der Waals surface area contributed by atoms with Gasteiger partial charge in [0.2, 0.25) is 0 Å². The van der Waals surface area contributed by atoms with E-state index in [1.165, 1.54) is 11.8 Å². The fourth-order valence-corrected chi connectivity index (χ4v) is 5.22. The first-order valence-corrected chi connectivity index (χ1v) is 13.1. The number of halogens is 1. The Morgan fingerprint density at radius 3 is 2.51 bits per heavy atom. The van der Waals surface area contributed by atoms with Crippen LogP contribution in [-0.4, -0.2) is 16.8 Å². The molecular formula is C28H24BrNO3S2. The van der Waals surface area contributed by atoms with Gasteiger partial charge in [-0.15, -0.1) is 6.58 Å². The minimum atomic E-state index is -0.134. The molecule has 1 saturated heterocycles. The third-order valence-corrected chi connectivity index (χ3v) is 7.05. The summed E-state index contributed by atoms with van der Waals surface area (Å²) in [6.45, 7) is 6.73. The molecule has 1 heterocycles. The highest BCUT2D eigenvalue weighted by Crippen LogP contribution is 2.39. The van der Waals surface area contributed by atoms with Crippen molar-refractivity contribution in [3.63, 3.8) is 0 Å². The van der Waals surface area contributed by atoms with Crippen molar-refractivity contribution in [2.45, 2.75) is 20.0 Å². The van der Waals surface area contributed by atoms with E-state index < -0.39 is 0 Å². The van der Waals surface area contributed by atoms with Crippen molar-refractivity contribution >= 4 is 61.9 Å². The molecule has 0 aliphatic carbocycles. The van der Waals surface area contributed by atoms with E-state index in [0.29, 0.717) is 40.4 Å². The molecule has 1 fully saturated rings. The number of amides is 1. The zero-order valence-corrected chi connectivity index (χ0v) is 22.4. The normalized spacial score (nSPS) is 14.5. The van der Waals surface area contributed by atoms with Crippen molar-refractivity contribution in [3.8, 4) is 11.5 Å². The van der Waals surface area contributed by atoms with Crippen molar-refractivity contribution in [3.05, 3.63) is 105 Å². The van der Waals surface area contributed by atoms with Crippen LogP contribution in [0.1, 0.15) is 23.6 Å². The second-order valence-corrected chi connectivity index (χ2v) is 10.3. The van der Waals surface area contributed by atoms with Crippen molar-refractivity contribution < 1.29 is 14.3 Å². The van der Waals surface area contributed by atoms with Gasteiger partial charge < -0.3 is 9.47 Å². The summed E-state index contributed by atoms with van der Waals surface area (Å²) in [7, 11) is 0. The minimum absolute atomic E-state index is 0.134. The van der Waals surface area contributed by atoms with Gasteiger partial charge in [0.1, 0.15) is 6.61 Å². The van der Waals surface area contributed by atoms with Gasteiger partial charge in [-0.2, -0.15) is 0 Å². The molecule has 0 spiro atoms. The van der Waals surface area contributed by atoms with Gasteiger partial charge in [0.15, 0.2) is 15.8 Å². The van der Waals surface area contributed by atoms with Crippen LogP contribution < -0.4 is 14.4 Å². The Balaban J connectivity index is 1.65. The number of carbonyl (C=O) groups excluding carboxylic acids is 1. The zero-order valence-electron chi connectivity index (χ0n) is 19.2. The van der Waals surface area contributed by atoms with Gasteiger partial charge in [-0.3, -0.25) is 9.69 Å². The van der Waals surface area contributed by atoms with Gasteiger partial charge >= 0.3 is 0 Å². The maximum Gasteiger partial charge on any atom is 0.270 e. The number of nitrogens with zero attached hydrogens (tertiary/aromatic N) is 1. The number of ether oxygens (including phenoxy) is 2. The molecule has 1 aliphatic rings. The number of benzene rings is 3. The van der Waals surface area contributed by atoms with Gasteiger partial charge in [-0.05, 0) is 66.9 Å². The molecule has 0 N–H and O–H groups in total. The fourth-order valence-electron chi connectivity index (χ4n) is 3.66. The van der Waals surface area contributed by atoms with E-state index in [0.717, 1.165) is 26.9 Å². The lowest BCUT2D eigenvalue weighted by Crippen LogP contribution is -2.27. The number of rotatable bonds is 9. The van der Waals surface area contributed by atoms with Crippen LogP contribution in [0.3, 0.4) is 0 Å². The van der Waals surface area contributed by atoms with Gasteiger partial charge in [0.05, 0.1) is 17.2 Å². The number of allylic oxidation sites excluding steroid dienone is 1. The summed E-state index contributed by atoms with van der Waals surface area (Å²) in [4.78, 5) is 15.3. The van der Waals surface area contributed by atoms with Crippen molar-refractivity contribution in [2.75, 3.05) is 11.5 Å². The average Bonchev–Trinajstić information content (AvgIpc) is 3.13. The Kier molecular flexibility index (Phi) is 8.44. The fraction of sp³-hybridized carbons (Fsp3) is 0.143. The van der Waals surface area contributed by atoms with Gasteiger partial charge in [-0.25, -0.2) is 0 Å². The smallest absolute Gasteiger partial charge is 0.270 e. The molecule has 35 heavy (non-hydrogen) atoms. The van der Waals surface area contributed by atoms with Gasteiger partial charge in [-0.1, -0.05) is 76.3 Å². The topological polar surface area (TPSA) is 38.8 Å². The number of carbonyl (C=O) groups is 1.